The SMILES string of the molecule is CC1(C)[C@@H]2CC[C@]1(C)C(=O)N(C[NH+]1CCCCCC1)C2=O. The van der Waals surface area contributed by atoms with Crippen LogP contribution in [0.2, 0.25) is 0 Å². The Bertz CT molecular complexity index is 452. The van der Waals surface area contributed by atoms with Crippen molar-refractivity contribution in [3.05, 3.63) is 0 Å². The van der Waals surface area contributed by atoms with E-state index in [1.54, 1.807) is 4.90 Å². The van der Waals surface area contributed by atoms with E-state index in [0.29, 0.717) is 6.67 Å². The van der Waals surface area contributed by atoms with Gasteiger partial charge in [-0.1, -0.05) is 20.8 Å². The molecule has 2 aliphatic heterocycles. The number of imide groups is 1. The molecule has 21 heavy (non-hydrogen) atoms. The minimum absolute atomic E-state index is 0.0339. The molecule has 2 bridgehead atoms. The smallest absolute Gasteiger partial charge is 0.240 e. The van der Waals surface area contributed by atoms with Gasteiger partial charge >= 0.3 is 0 Å². The summed E-state index contributed by atoms with van der Waals surface area (Å²) in [6.45, 7) is 9.09. The summed E-state index contributed by atoms with van der Waals surface area (Å²) in [4.78, 5) is 28.8. The largest absolute Gasteiger partial charge is 0.317 e. The highest BCUT2D eigenvalue weighted by Crippen LogP contribution is 2.59. The van der Waals surface area contributed by atoms with Gasteiger partial charge in [-0.3, -0.25) is 9.59 Å². The monoisotopic (exact) mass is 293 g/mol. The van der Waals surface area contributed by atoms with Crippen molar-refractivity contribution in [2.24, 2.45) is 16.7 Å². The number of likely N-dealkylation sites (tertiary alicyclic amines) is 2. The molecule has 1 saturated carbocycles. The van der Waals surface area contributed by atoms with Gasteiger partial charge in [-0.05, 0) is 43.9 Å². The van der Waals surface area contributed by atoms with Gasteiger partial charge < -0.3 is 4.90 Å². The Balaban J connectivity index is 1.80. The summed E-state index contributed by atoms with van der Waals surface area (Å²) in [5.74, 6) is 0.214. The first-order valence-electron chi connectivity index (χ1n) is 8.57. The Labute approximate surface area is 127 Å². The molecule has 4 nitrogen and oxygen atoms in total. The number of quaternary nitrogens is 1. The molecule has 118 valence electrons. The average molecular weight is 293 g/mol. The zero-order valence-corrected chi connectivity index (χ0v) is 13.7. The van der Waals surface area contributed by atoms with Crippen LogP contribution in [0.1, 0.15) is 59.3 Å². The van der Waals surface area contributed by atoms with Gasteiger partial charge in [0.05, 0.1) is 18.5 Å². The molecule has 0 aromatic carbocycles. The van der Waals surface area contributed by atoms with Crippen LogP contribution in [0.25, 0.3) is 0 Å². The number of fused-ring (bicyclic) bond motifs is 2. The van der Waals surface area contributed by atoms with Crippen LogP contribution in [0.15, 0.2) is 0 Å². The van der Waals surface area contributed by atoms with Gasteiger partial charge in [0.2, 0.25) is 11.8 Å². The van der Waals surface area contributed by atoms with Gasteiger partial charge in [-0.25, -0.2) is 4.90 Å². The third kappa shape index (κ3) is 2.14. The number of carbonyl (C=O) groups is 2. The van der Waals surface area contributed by atoms with Crippen molar-refractivity contribution in [2.75, 3.05) is 19.8 Å². The fourth-order valence-electron chi connectivity index (χ4n) is 4.66. The highest BCUT2D eigenvalue weighted by atomic mass is 16.2. The molecule has 2 saturated heterocycles. The van der Waals surface area contributed by atoms with Crippen LogP contribution in [0, 0.1) is 16.7 Å². The summed E-state index contributed by atoms with van der Waals surface area (Å²) in [7, 11) is 0. The molecule has 0 spiro atoms. The normalized spacial score (nSPS) is 36.9. The lowest BCUT2D eigenvalue weighted by Gasteiger charge is -2.47. The van der Waals surface area contributed by atoms with Gasteiger partial charge in [-0.15, -0.1) is 0 Å². The predicted molar refractivity (Wildman–Crippen MR) is 80.5 cm³/mol. The van der Waals surface area contributed by atoms with Crippen LogP contribution in [0.3, 0.4) is 0 Å². The Morgan fingerprint density at radius 1 is 1.10 bits per heavy atom. The van der Waals surface area contributed by atoms with Crippen molar-refractivity contribution < 1.29 is 14.5 Å². The standard InChI is InChI=1S/C17H28N2O2/c1-16(2)13-8-9-17(16,3)15(21)19(14(13)20)12-18-10-6-4-5-7-11-18/h13H,4-12H2,1-3H3/p+1/t13-,17-/m1/s1. The van der Waals surface area contributed by atoms with Crippen LogP contribution < -0.4 is 4.90 Å². The number of nitrogens with one attached hydrogen (secondary N) is 1. The number of carbonyl (C=O) groups excluding carboxylic acids is 2. The summed E-state index contributed by atoms with van der Waals surface area (Å²) in [6, 6.07) is 0. The summed E-state index contributed by atoms with van der Waals surface area (Å²) >= 11 is 0. The maximum Gasteiger partial charge on any atom is 0.240 e. The third-order valence-corrected chi connectivity index (χ3v) is 6.70. The van der Waals surface area contributed by atoms with Crippen molar-refractivity contribution >= 4 is 11.8 Å². The van der Waals surface area contributed by atoms with Gasteiger partial charge in [0.1, 0.15) is 0 Å². The molecule has 0 unspecified atom stereocenters. The lowest BCUT2D eigenvalue weighted by atomic mass is 9.62. The molecule has 0 aromatic rings. The summed E-state index contributed by atoms with van der Waals surface area (Å²) in [6.07, 6.45) is 6.76. The number of nitrogens with zero attached hydrogens (tertiary/aromatic N) is 1. The van der Waals surface area contributed by atoms with E-state index < -0.39 is 0 Å². The topological polar surface area (TPSA) is 41.8 Å². The summed E-state index contributed by atoms with van der Waals surface area (Å²) in [5, 5.41) is 0. The highest BCUT2D eigenvalue weighted by Gasteiger charge is 2.64. The molecule has 1 aliphatic carbocycles. The second-order valence-corrected chi connectivity index (χ2v) is 8.04. The van der Waals surface area contributed by atoms with Gasteiger partial charge in [0.25, 0.3) is 0 Å². The Hall–Kier alpha value is -0.900. The van der Waals surface area contributed by atoms with E-state index in [9.17, 15) is 9.59 Å². The van der Waals surface area contributed by atoms with E-state index >= 15 is 0 Å². The second kappa shape index (κ2) is 5.08. The molecule has 3 rings (SSSR count). The van der Waals surface area contributed by atoms with E-state index in [2.05, 4.69) is 20.8 Å². The maximum absolute atomic E-state index is 13.0. The fourth-order valence-corrected chi connectivity index (χ4v) is 4.66. The summed E-state index contributed by atoms with van der Waals surface area (Å²) < 4.78 is 0. The molecule has 2 amide bonds. The van der Waals surface area contributed by atoms with Crippen molar-refractivity contribution in [3.63, 3.8) is 0 Å². The molecule has 0 aromatic heterocycles. The number of hydrogen-bond donors (Lipinski definition) is 1. The van der Waals surface area contributed by atoms with Crippen LogP contribution in [0.4, 0.5) is 0 Å². The number of amides is 2. The van der Waals surface area contributed by atoms with Gasteiger partial charge in [0.15, 0.2) is 6.67 Å². The van der Waals surface area contributed by atoms with E-state index in [1.807, 2.05) is 0 Å². The Kier molecular flexibility index (Phi) is 3.63. The second-order valence-electron chi connectivity index (χ2n) is 8.04. The molecule has 4 heteroatoms. The fraction of sp³-hybridized carbons (Fsp3) is 0.882. The van der Waals surface area contributed by atoms with Crippen LogP contribution in [-0.2, 0) is 9.59 Å². The molecular formula is C17H29N2O2+. The Morgan fingerprint density at radius 2 is 1.71 bits per heavy atom. The Morgan fingerprint density at radius 3 is 2.33 bits per heavy atom. The minimum atomic E-state index is -0.350. The predicted octanol–water partition coefficient (Wildman–Crippen LogP) is 1.21. The van der Waals surface area contributed by atoms with Crippen LogP contribution in [0.5, 0.6) is 0 Å². The minimum Gasteiger partial charge on any atom is -0.317 e. The first-order valence-corrected chi connectivity index (χ1v) is 8.57. The molecule has 2 heterocycles. The number of rotatable bonds is 2. The molecule has 3 fully saturated rings. The number of piperidine rings is 1. The third-order valence-electron chi connectivity index (χ3n) is 6.70. The molecular weight excluding hydrogens is 264 g/mol. The van der Waals surface area contributed by atoms with Gasteiger partial charge in [0, 0.05) is 5.92 Å². The molecule has 0 radical (unpaired) electrons. The first-order chi connectivity index (χ1) is 9.88. The highest BCUT2D eigenvalue weighted by molar-refractivity contribution is 6.03. The summed E-state index contributed by atoms with van der Waals surface area (Å²) in [5.41, 5.74) is -0.539. The molecule has 3 aliphatic rings. The zero-order valence-electron chi connectivity index (χ0n) is 13.7. The van der Waals surface area contributed by atoms with Crippen molar-refractivity contribution in [3.8, 4) is 0 Å². The van der Waals surface area contributed by atoms with Crippen LogP contribution in [-0.4, -0.2) is 36.5 Å². The quantitative estimate of drug-likeness (QED) is 0.778. The molecule has 1 N–H and O–H groups in total. The van der Waals surface area contributed by atoms with Gasteiger partial charge in [-0.2, -0.15) is 0 Å². The van der Waals surface area contributed by atoms with E-state index in [1.165, 1.54) is 30.6 Å². The van der Waals surface area contributed by atoms with E-state index in [4.69, 9.17) is 0 Å². The maximum atomic E-state index is 13.0. The lowest BCUT2D eigenvalue weighted by Crippen LogP contribution is -3.13. The van der Waals surface area contributed by atoms with Crippen molar-refractivity contribution in [2.45, 2.75) is 59.3 Å². The van der Waals surface area contributed by atoms with E-state index in [-0.39, 0.29) is 28.6 Å². The first kappa shape index (κ1) is 15.0. The van der Waals surface area contributed by atoms with Crippen molar-refractivity contribution in [1.82, 2.24) is 4.90 Å². The zero-order chi connectivity index (χ0) is 15.3. The molecule has 2 atom stereocenters. The lowest BCUT2D eigenvalue weighted by molar-refractivity contribution is -0.906. The van der Waals surface area contributed by atoms with E-state index in [0.717, 1.165) is 25.9 Å². The van der Waals surface area contributed by atoms with Crippen molar-refractivity contribution in [1.29, 1.82) is 0 Å². The average Bonchev–Trinajstić information content (AvgIpc) is 2.64. The van der Waals surface area contributed by atoms with Crippen LogP contribution >= 0.6 is 0 Å². The number of hydrogen-bond acceptors (Lipinski definition) is 2.